The van der Waals surface area contributed by atoms with Crippen molar-refractivity contribution in [2.24, 2.45) is 5.92 Å². The second kappa shape index (κ2) is 8.05. The van der Waals surface area contributed by atoms with Gasteiger partial charge in [0.15, 0.2) is 5.78 Å². The van der Waals surface area contributed by atoms with Crippen LogP contribution in [0.5, 0.6) is 5.75 Å². The van der Waals surface area contributed by atoms with Crippen molar-refractivity contribution in [1.29, 1.82) is 0 Å². The number of rotatable bonds is 7. The number of fused-ring (bicyclic) bond motifs is 1. The molecule has 0 amide bonds. The number of carbonyl (C=O) groups excluding carboxylic acids is 1. The van der Waals surface area contributed by atoms with Crippen LogP contribution in [0.1, 0.15) is 47.3 Å². The third-order valence-electron chi connectivity index (χ3n) is 5.23. The van der Waals surface area contributed by atoms with E-state index in [2.05, 4.69) is 39.0 Å². The summed E-state index contributed by atoms with van der Waals surface area (Å²) < 4.78 is 11.2. The second-order valence-corrected chi connectivity index (χ2v) is 6.98. The molecule has 0 aromatic heterocycles. The van der Waals surface area contributed by atoms with Gasteiger partial charge in [-0.05, 0) is 73.6 Å². The van der Waals surface area contributed by atoms with Crippen LogP contribution in [-0.2, 0) is 11.2 Å². The van der Waals surface area contributed by atoms with Crippen LogP contribution in [0, 0.1) is 19.8 Å². The van der Waals surface area contributed by atoms with E-state index < -0.39 is 0 Å². The van der Waals surface area contributed by atoms with Crippen LogP contribution in [0.25, 0.3) is 11.1 Å². The van der Waals surface area contributed by atoms with Gasteiger partial charge >= 0.3 is 0 Å². The van der Waals surface area contributed by atoms with Crippen molar-refractivity contribution >= 4 is 5.78 Å². The number of Topliss-reactive ketones (excluding diaryl/α,β-unsaturated/α-hetero) is 1. The summed E-state index contributed by atoms with van der Waals surface area (Å²) >= 11 is 0. The van der Waals surface area contributed by atoms with Crippen LogP contribution in [-0.4, -0.2) is 25.6 Å². The minimum Gasteiger partial charge on any atom is -0.491 e. The van der Waals surface area contributed by atoms with Gasteiger partial charge in [0.2, 0.25) is 0 Å². The Morgan fingerprint density at radius 1 is 1.04 bits per heavy atom. The van der Waals surface area contributed by atoms with E-state index in [4.69, 9.17) is 9.47 Å². The maximum Gasteiger partial charge on any atom is 0.166 e. The summed E-state index contributed by atoms with van der Waals surface area (Å²) in [6, 6.07) is 10.3. The van der Waals surface area contributed by atoms with E-state index in [0.717, 1.165) is 24.2 Å². The van der Waals surface area contributed by atoms with E-state index in [0.29, 0.717) is 25.6 Å². The fraction of sp³-hybridized carbons (Fsp3) is 0.435. The Morgan fingerprint density at radius 3 is 2.38 bits per heavy atom. The fourth-order valence-electron chi connectivity index (χ4n) is 3.96. The Balaban J connectivity index is 1.93. The van der Waals surface area contributed by atoms with E-state index >= 15 is 0 Å². The smallest absolute Gasteiger partial charge is 0.166 e. The number of hydrogen-bond acceptors (Lipinski definition) is 3. The lowest BCUT2D eigenvalue weighted by Gasteiger charge is -2.16. The predicted octanol–water partition coefficient (Wildman–Crippen LogP) is 5.15. The lowest BCUT2D eigenvalue weighted by Crippen LogP contribution is -2.07. The standard InChI is InChI=1S/C23H28O3/c1-5-17-14-21-19(8-7-9-20(21)23(17)24)22-15(3)12-18(13-16(22)4)26-11-10-25-6-2/h7-9,12-13,17H,5-6,10-11,14H2,1-4H3. The zero-order valence-electron chi connectivity index (χ0n) is 16.2. The van der Waals surface area contributed by atoms with Crippen molar-refractivity contribution in [2.75, 3.05) is 19.8 Å². The molecule has 0 bridgehead atoms. The molecule has 3 rings (SSSR count). The van der Waals surface area contributed by atoms with E-state index in [1.807, 2.05) is 19.1 Å². The van der Waals surface area contributed by atoms with Gasteiger partial charge in [-0.15, -0.1) is 0 Å². The highest BCUT2D eigenvalue weighted by atomic mass is 16.5. The zero-order valence-corrected chi connectivity index (χ0v) is 16.2. The molecule has 3 nitrogen and oxygen atoms in total. The molecule has 0 saturated heterocycles. The first-order valence-electron chi connectivity index (χ1n) is 9.55. The molecule has 1 unspecified atom stereocenters. The van der Waals surface area contributed by atoms with Gasteiger partial charge in [0.25, 0.3) is 0 Å². The lowest BCUT2D eigenvalue weighted by atomic mass is 9.90. The molecule has 2 aromatic rings. The van der Waals surface area contributed by atoms with Crippen LogP contribution in [0.4, 0.5) is 0 Å². The lowest BCUT2D eigenvalue weighted by molar-refractivity contribution is 0.0934. The van der Waals surface area contributed by atoms with Crippen LogP contribution in [0.2, 0.25) is 0 Å². The quantitative estimate of drug-likeness (QED) is 0.646. The second-order valence-electron chi connectivity index (χ2n) is 6.98. The average Bonchev–Trinajstić information content (AvgIpc) is 2.95. The van der Waals surface area contributed by atoms with Gasteiger partial charge < -0.3 is 9.47 Å². The molecule has 0 saturated carbocycles. The van der Waals surface area contributed by atoms with E-state index in [9.17, 15) is 4.79 Å². The van der Waals surface area contributed by atoms with Crippen molar-refractivity contribution in [1.82, 2.24) is 0 Å². The predicted molar refractivity (Wildman–Crippen MR) is 105 cm³/mol. The number of benzene rings is 2. The molecule has 0 N–H and O–H groups in total. The van der Waals surface area contributed by atoms with Crippen LogP contribution >= 0.6 is 0 Å². The molecule has 0 radical (unpaired) electrons. The summed E-state index contributed by atoms with van der Waals surface area (Å²) in [5, 5.41) is 0. The van der Waals surface area contributed by atoms with Crippen LogP contribution < -0.4 is 4.74 Å². The maximum absolute atomic E-state index is 12.6. The van der Waals surface area contributed by atoms with Crippen LogP contribution in [0.3, 0.4) is 0 Å². The van der Waals surface area contributed by atoms with Crippen molar-refractivity contribution in [3.8, 4) is 16.9 Å². The Bertz CT molecular complexity index is 784. The largest absolute Gasteiger partial charge is 0.491 e. The van der Waals surface area contributed by atoms with E-state index in [-0.39, 0.29) is 5.92 Å². The monoisotopic (exact) mass is 352 g/mol. The Morgan fingerprint density at radius 2 is 1.73 bits per heavy atom. The van der Waals surface area contributed by atoms with Crippen molar-refractivity contribution in [2.45, 2.75) is 40.5 Å². The zero-order chi connectivity index (χ0) is 18.7. The van der Waals surface area contributed by atoms with Crippen LogP contribution in [0.15, 0.2) is 30.3 Å². The molecule has 3 heteroatoms. The first-order chi connectivity index (χ1) is 12.6. The molecule has 2 aromatic carbocycles. The molecule has 138 valence electrons. The minimum absolute atomic E-state index is 0.132. The van der Waals surface area contributed by atoms with Gasteiger partial charge in [-0.1, -0.05) is 25.1 Å². The number of hydrogen-bond donors (Lipinski definition) is 0. The summed E-state index contributed by atoms with van der Waals surface area (Å²) in [5.74, 6) is 1.31. The molecular weight excluding hydrogens is 324 g/mol. The maximum atomic E-state index is 12.6. The topological polar surface area (TPSA) is 35.5 Å². The third-order valence-corrected chi connectivity index (χ3v) is 5.23. The van der Waals surface area contributed by atoms with E-state index in [1.54, 1.807) is 0 Å². The molecule has 0 aliphatic heterocycles. The summed E-state index contributed by atoms with van der Waals surface area (Å²) in [6.07, 6.45) is 1.75. The number of ketones is 1. The van der Waals surface area contributed by atoms with Crippen molar-refractivity contribution < 1.29 is 14.3 Å². The molecule has 1 atom stereocenters. The van der Waals surface area contributed by atoms with Gasteiger partial charge in [0.05, 0.1) is 6.61 Å². The highest BCUT2D eigenvalue weighted by Crippen LogP contribution is 2.39. The average molecular weight is 352 g/mol. The van der Waals surface area contributed by atoms with E-state index in [1.165, 1.54) is 27.8 Å². The van der Waals surface area contributed by atoms with Crippen molar-refractivity contribution in [3.63, 3.8) is 0 Å². The molecule has 1 aliphatic carbocycles. The van der Waals surface area contributed by atoms with Gasteiger partial charge in [-0.25, -0.2) is 0 Å². The van der Waals surface area contributed by atoms with Crippen molar-refractivity contribution in [3.05, 3.63) is 52.6 Å². The molecule has 0 fully saturated rings. The first kappa shape index (κ1) is 18.7. The summed E-state index contributed by atoms with van der Waals surface area (Å²) in [5.41, 5.74) is 6.89. The summed E-state index contributed by atoms with van der Waals surface area (Å²) in [4.78, 5) is 12.6. The fourth-order valence-corrected chi connectivity index (χ4v) is 3.96. The normalized spacial score (nSPS) is 16.0. The number of carbonyl (C=O) groups is 1. The number of aryl methyl sites for hydroxylation is 2. The number of ether oxygens (including phenoxy) is 2. The SMILES string of the molecule is CCOCCOc1cc(C)c(-c2cccc3c2CC(CC)C3=O)c(C)c1. The molecule has 0 spiro atoms. The van der Waals surface area contributed by atoms with Gasteiger partial charge in [-0.2, -0.15) is 0 Å². The Kier molecular flexibility index (Phi) is 5.77. The van der Waals surface area contributed by atoms with Gasteiger partial charge in [-0.3, -0.25) is 4.79 Å². The summed E-state index contributed by atoms with van der Waals surface area (Å²) in [6.45, 7) is 10.2. The molecular formula is C23H28O3. The minimum atomic E-state index is 0.132. The first-order valence-corrected chi connectivity index (χ1v) is 9.55. The van der Waals surface area contributed by atoms with Gasteiger partial charge in [0.1, 0.15) is 12.4 Å². The molecule has 26 heavy (non-hydrogen) atoms. The Labute approximate surface area is 156 Å². The highest BCUT2D eigenvalue weighted by Gasteiger charge is 2.31. The summed E-state index contributed by atoms with van der Waals surface area (Å²) in [7, 11) is 0. The molecule has 1 aliphatic rings. The highest BCUT2D eigenvalue weighted by molar-refractivity contribution is 6.04. The Hall–Kier alpha value is -2.13. The third kappa shape index (κ3) is 3.54. The molecule has 0 heterocycles. The van der Waals surface area contributed by atoms with Gasteiger partial charge in [0, 0.05) is 18.1 Å².